The van der Waals surface area contributed by atoms with Gasteiger partial charge in [-0.25, -0.2) is 0 Å². The lowest BCUT2D eigenvalue weighted by molar-refractivity contribution is -0.116. The quantitative estimate of drug-likeness (QED) is 0.855. The summed E-state index contributed by atoms with van der Waals surface area (Å²) in [6.45, 7) is 3.97. The van der Waals surface area contributed by atoms with E-state index in [1.165, 1.54) is 0 Å². The summed E-state index contributed by atoms with van der Waals surface area (Å²) in [6, 6.07) is 17.9. The van der Waals surface area contributed by atoms with Crippen molar-refractivity contribution in [2.75, 3.05) is 22.9 Å². The molecule has 0 saturated carbocycles. The van der Waals surface area contributed by atoms with Crippen LogP contribution in [0, 0.1) is 11.3 Å². The highest BCUT2D eigenvalue weighted by Crippen LogP contribution is 2.33. The van der Waals surface area contributed by atoms with Crippen LogP contribution >= 0.6 is 0 Å². The van der Waals surface area contributed by atoms with E-state index in [-0.39, 0.29) is 5.91 Å². The molecule has 1 heterocycles. The van der Waals surface area contributed by atoms with Gasteiger partial charge in [0.15, 0.2) is 0 Å². The smallest absolute Gasteiger partial charge is 0.223 e. The van der Waals surface area contributed by atoms with Gasteiger partial charge in [0.05, 0.1) is 23.0 Å². The van der Waals surface area contributed by atoms with Gasteiger partial charge in [-0.1, -0.05) is 24.3 Å². The molecule has 1 amide bonds. The summed E-state index contributed by atoms with van der Waals surface area (Å²) >= 11 is 0. The molecule has 0 atom stereocenters. The van der Waals surface area contributed by atoms with Gasteiger partial charge in [-0.3, -0.25) is 4.79 Å². The molecule has 2 aromatic carbocycles. The Hall–Kier alpha value is -2.80. The lowest BCUT2D eigenvalue weighted by Crippen LogP contribution is -2.28. The molecule has 23 heavy (non-hydrogen) atoms. The number of carbonyl (C=O) groups excluding carboxylic acids is 1. The van der Waals surface area contributed by atoms with E-state index in [4.69, 9.17) is 5.26 Å². The van der Waals surface area contributed by atoms with Crippen LogP contribution in [0.3, 0.4) is 0 Å². The lowest BCUT2D eigenvalue weighted by atomic mass is 10.1. The van der Waals surface area contributed by atoms with E-state index < -0.39 is 0 Å². The SMILES string of the molecule is CC(=O)N1CCCN(Cc2cccc(C#N)c2)c2ccccc21. The number of nitrogens with zero attached hydrogens (tertiary/aromatic N) is 3. The standard InChI is InChI=1S/C19H19N3O/c1-15(23)22-11-5-10-21(18-8-2-3-9-19(18)22)14-17-7-4-6-16(12-17)13-20/h2-4,6-9,12H,5,10-11,14H2,1H3. The Morgan fingerprint density at radius 1 is 1.13 bits per heavy atom. The highest BCUT2D eigenvalue weighted by molar-refractivity contribution is 5.95. The number of anilines is 2. The molecule has 4 nitrogen and oxygen atoms in total. The Balaban J connectivity index is 1.94. The fourth-order valence-corrected chi connectivity index (χ4v) is 3.07. The van der Waals surface area contributed by atoms with E-state index >= 15 is 0 Å². The fraction of sp³-hybridized carbons (Fsp3) is 0.263. The molecule has 3 rings (SSSR count). The van der Waals surface area contributed by atoms with Crippen LogP contribution in [0.2, 0.25) is 0 Å². The van der Waals surface area contributed by atoms with Crippen LogP contribution < -0.4 is 9.80 Å². The summed E-state index contributed by atoms with van der Waals surface area (Å²) < 4.78 is 0. The maximum atomic E-state index is 11.9. The monoisotopic (exact) mass is 305 g/mol. The zero-order chi connectivity index (χ0) is 16.2. The van der Waals surface area contributed by atoms with Crippen LogP contribution in [-0.2, 0) is 11.3 Å². The number of carbonyl (C=O) groups is 1. The van der Waals surface area contributed by atoms with E-state index in [2.05, 4.69) is 17.0 Å². The summed E-state index contributed by atoms with van der Waals surface area (Å²) in [7, 11) is 0. The second-order valence-corrected chi connectivity index (χ2v) is 5.75. The number of benzene rings is 2. The second kappa shape index (κ2) is 6.53. The second-order valence-electron chi connectivity index (χ2n) is 5.75. The molecular weight excluding hydrogens is 286 g/mol. The summed E-state index contributed by atoms with van der Waals surface area (Å²) in [4.78, 5) is 16.1. The third-order valence-electron chi connectivity index (χ3n) is 4.13. The minimum atomic E-state index is 0.0748. The van der Waals surface area contributed by atoms with Crippen molar-refractivity contribution in [3.63, 3.8) is 0 Å². The summed E-state index contributed by atoms with van der Waals surface area (Å²) in [5, 5.41) is 9.06. The van der Waals surface area contributed by atoms with Crippen molar-refractivity contribution in [1.29, 1.82) is 5.26 Å². The number of hydrogen-bond acceptors (Lipinski definition) is 3. The number of amides is 1. The average Bonchev–Trinajstić information content (AvgIpc) is 2.75. The molecule has 0 aliphatic carbocycles. The van der Waals surface area contributed by atoms with Crippen molar-refractivity contribution >= 4 is 17.3 Å². The minimum absolute atomic E-state index is 0.0748. The van der Waals surface area contributed by atoms with Crippen molar-refractivity contribution in [2.24, 2.45) is 0 Å². The molecule has 0 unspecified atom stereocenters. The van der Waals surface area contributed by atoms with Crippen molar-refractivity contribution < 1.29 is 4.79 Å². The molecule has 0 radical (unpaired) electrons. The molecule has 0 fully saturated rings. The highest BCUT2D eigenvalue weighted by Gasteiger charge is 2.22. The van der Waals surface area contributed by atoms with Gasteiger partial charge in [0.2, 0.25) is 5.91 Å². The maximum absolute atomic E-state index is 11.9. The van der Waals surface area contributed by atoms with E-state index in [0.29, 0.717) is 5.56 Å². The first kappa shape index (κ1) is 15.1. The molecule has 0 aromatic heterocycles. The van der Waals surface area contributed by atoms with Crippen LogP contribution in [-0.4, -0.2) is 19.0 Å². The first-order valence-electron chi connectivity index (χ1n) is 7.80. The van der Waals surface area contributed by atoms with Crippen LogP contribution in [0.5, 0.6) is 0 Å². The van der Waals surface area contributed by atoms with E-state index in [9.17, 15) is 4.79 Å². The molecule has 1 aliphatic heterocycles. The van der Waals surface area contributed by atoms with Crippen LogP contribution in [0.15, 0.2) is 48.5 Å². The molecule has 0 N–H and O–H groups in total. The van der Waals surface area contributed by atoms with Crippen molar-refractivity contribution in [1.82, 2.24) is 0 Å². The van der Waals surface area contributed by atoms with Crippen LogP contribution in [0.4, 0.5) is 11.4 Å². The van der Waals surface area contributed by atoms with E-state index in [1.54, 1.807) is 6.92 Å². The molecule has 0 spiro atoms. The topological polar surface area (TPSA) is 47.3 Å². The van der Waals surface area contributed by atoms with Crippen molar-refractivity contribution in [2.45, 2.75) is 19.9 Å². The van der Waals surface area contributed by atoms with Gasteiger partial charge in [-0.2, -0.15) is 5.26 Å². The molecule has 1 aliphatic rings. The number of rotatable bonds is 2. The molecule has 0 saturated heterocycles. The number of para-hydroxylation sites is 2. The molecule has 4 heteroatoms. The molecular formula is C19H19N3O. The zero-order valence-electron chi connectivity index (χ0n) is 13.2. The summed E-state index contributed by atoms with van der Waals surface area (Å²) in [6.07, 6.45) is 0.923. The molecule has 0 bridgehead atoms. The third-order valence-corrected chi connectivity index (χ3v) is 4.13. The summed E-state index contributed by atoms with van der Waals surface area (Å²) in [5.74, 6) is 0.0748. The van der Waals surface area contributed by atoms with E-state index in [0.717, 1.165) is 43.0 Å². The minimum Gasteiger partial charge on any atom is -0.365 e. The van der Waals surface area contributed by atoms with Gasteiger partial charge in [0.1, 0.15) is 0 Å². The van der Waals surface area contributed by atoms with Gasteiger partial charge < -0.3 is 9.80 Å². The van der Waals surface area contributed by atoms with Crippen molar-refractivity contribution in [3.05, 3.63) is 59.7 Å². The lowest BCUT2D eigenvalue weighted by Gasteiger charge is -2.26. The predicted molar refractivity (Wildman–Crippen MR) is 91.3 cm³/mol. The third kappa shape index (κ3) is 3.19. The number of nitriles is 1. The Labute approximate surface area is 136 Å². The fourth-order valence-electron chi connectivity index (χ4n) is 3.07. The number of hydrogen-bond donors (Lipinski definition) is 0. The van der Waals surface area contributed by atoms with Gasteiger partial charge in [-0.15, -0.1) is 0 Å². The zero-order valence-corrected chi connectivity index (χ0v) is 13.2. The predicted octanol–water partition coefficient (Wildman–Crippen LogP) is 3.32. The van der Waals surface area contributed by atoms with Crippen molar-refractivity contribution in [3.8, 4) is 6.07 Å². The van der Waals surface area contributed by atoms with Crippen LogP contribution in [0.25, 0.3) is 0 Å². The molecule has 2 aromatic rings. The molecule has 116 valence electrons. The Morgan fingerprint density at radius 3 is 2.65 bits per heavy atom. The summed E-state index contributed by atoms with van der Waals surface area (Å²) in [5.41, 5.74) is 3.82. The largest absolute Gasteiger partial charge is 0.365 e. The average molecular weight is 305 g/mol. The normalized spacial score (nSPS) is 13.9. The Bertz CT molecular complexity index is 763. The Morgan fingerprint density at radius 2 is 1.91 bits per heavy atom. The maximum Gasteiger partial charge on any atom is 0.223 e. The Kier molecular flexibility index (Phi) is 4.29. The van der Waals surface area contributed by atoms with E-state index in [1.807, 2.05) is 47.4 Å². The first-order valence-corrected chi connectivity index (χ1v) is 7.80. The first-order chi connectivity index (χ1) is 11.2. The number of fused-ring (bicyclic) bond motifs is 1. The van der Waals surface area contributed by atoms with Gasteiger partial charge in [0, 0.05) is 26.6 Å². The highest BCUT2D eigenvalue weighted by atomic mass is 16.2. The van der Waals surface area contributed by atoms with Gasteiger partial charge >= 0.3 is 0 Å². The van der Waals surface area contributed by atoms with Gasteiger partial charge in [0.25, 0.3) is 0 Å². The van der Waals surface area contributed by atoms with Crippen LogP contribution in [0.1, 0.15) is 24.5 Å². The van der Waals surface area contributed by atoms with Gasteiger partial charge in [-0.05, 0) is 36.2 Å².